The SMILES string of the molecule is CCN(CC)Cc1c(C)cc(C)c(CP(C(C)(C)C)C(C)(C)C)c1C. The summed E-state index contributed by atoms with van der Waals surface area (Å²) in [6.45, 7) is 29.4. The quantitative estimate of drug-likeness (QED) is 0.490. The van der Waals surface area contributed by atoms with Crippen LogP contribution in [0.2, 0.25) is 0 Å². The van der Waals surface area contributed by atoms with Gasteiger partial charge >= 0.3 is 0 Å². The predicted molar refractivity (Wildman–Crippen MR) is 117 cm³/mol. The van der Waals surface area contributed by atoms with Gasteiger partial charge in [0.2, 0.25) is 0 Å². The number of hydrogen-bond acceptors (Lipinski definition) is 1. The molecule has 0 heterocycles. The van der Waals surface area contributed by atoms with E-state index in [0.717, 1.165) is 19.6 Å². The van der Waals surface area contributed by atoms with Crippen molar-refractivity contribution in [3.05, 3.63) is 33.9 Å². The summed E-state index contributed by atoms with van der Waals surface area (Å²) in [4.78, 5) is 2.53. The minimum atomic E-state index is -0.115. The summed E-state index contributed by atoms with van der Waals surface area (Å²) < 4.78 is 0. The summed E-state index contributed by atoms with van der Waals surface area (Å²) >= 11 is 0. The molecule has 0 saturated heterocycles. The topological polar surface area (TPSA) is 3.24 Å². The lowest BCUT2D eigenvalue weighted by atomic mass is 9.94. The molecular formula is C23H42NP. The van der Waals surface area contributed by atoms with Gasteiger partial charge in [-0.2, -0.15) is 0 Å². The molecule has 0 aliphatic rings. The van der Waals surface area contributed by atoms with Crippen molar-refractivity contribution < 1.29 is 0 Å². The van der Waals surface area contributed by atoms with Gasteiger partial charge in [0.1, 0.15) is 0 Å². The molecule has 25 heavy (non-hydrogen) atoms. The fraction of sp³-hybridized carbons (Fsp3) is 0.739. The molecule has 0 aromatic heterocycles. The highest BCUT2D eigenvalue weighted by Crippen LogP contribution is 2.61. The number of aryl methyl sites for hydroxylation is 2. The van der Waals surface area contributed by atoms with Crippen molar-refractivity contribution >= 4 is 7.92 Å². The molecule has 0 unspecified atom stereocenters. The highest BCUT2D eigenvalue weighted by Gasteiger charge is 2.35. The average Bonchev–Trinajstić information content (AvgIpc) is 2.44. The summed E-state index contributed by atoms with van der Waals surface area (Å²) in [5.41, 5.74) is 7.66. The zero-order valence-corrected chi connectivity index (χ0v) is 19.7. The molecule has 1 nitrogen and oxygen atoms in total. The van der Waals surface area contributed by atoms with Crippen molar-refractivity contribution in [1.29, 1.82) is 0 Å². The normalized spacial score (nSPS) is 13.2. The van der Waals surface area contributed by atoms with E-state index in [9.17, 15) is 0 Å². The minimum absolute atomic E-state index is 0.115. The van der Waals surface area contributed by atoms with E-state index >= 15 is 0 Å². The lowest BCUT2D eigenvalue weighted by molar-refractivity contribution is 0.294. The highest BCUT2D eigenvalue weighted by molar-refractivity contribution is 7.60. The standard InChI is InChI=1S/C23H42NP/c1-12-24(13-2)15-20-17(3)14-18(4)21(19(20)5)16-25(22(6,7)8)23(9,10)11/h14H,12-13,15-16H2,1-11H3. The molecule has 0 N–H and O–H groups in total. The van der Waals surface area contributed by atoms with Crippen LogP contribution in [-0.2, 0) is 12.7 Å². The van der Waals surface area contributed by atoms with Crippen LogP contribution in [0.3, 0.4) is 0 Å². The molecule has 0 aliphatic heterocycles. The van der Waals surface area contributed by atoms with E-state index in [0.29, 0.717) is 10.3 Å². The van der Waals surface area contributed by atoms with Gasteiger partial charge in [-0.15, -0.1) is 0 Å². The predicted octanol–water partition coefficient (Wildman–Crippen LogP) is 7.03. The number of nitrogens with zero attached hydrogens (tertiary/aromatic N) is 1. The Hall–Kier alpha value is -0.390. The van der Waals surface area contributed by atoms with E-state index in [-0.39, 0.29) is 7.92 Å². The Balaban J connectivity index is 3.36. The second kappa shape index (κ2) is 8.53. The molecule has 0 spiro atoms. The van der Waals surface area contributed by atoms with E-state index in [1.807, 2.05) is 0 Å². The molecule has 144 valence electrons. The van der Waals surface area contributed by atoms with Gasteiger partial charge in [0.25, 0.3) is 0 Å². The molecule has 0 fully saturated rings. The van der Waals surface area contributed by atoms with Gasteiger partial charge in [0, 0.05) is 6.54 Å². The van der Waals surface area contributed by atoms with Crippen molar-refractivity contribution in [3.63, 3.8) is 0 Å². The van der Waals surface area contributed by atoms with E-state index in [2.05, 4.69) is 87.1 Å². The number of hydrogen-bond donors (Lipinski definition) is 0. The van der Waals surface area contributed by atoms with E-state index in [1.165, 1.54) is 17.3 Å². The molecule has 0 amide bonds. The van der Waals surface area contributed by atoms with Gasteiger partial charge < -0.3 is 0 Å². The lowest BCUT2D eigenvalue weighted by Crippen LogP contribution is -2.27. The van der Waals surface area contributed by atoms with Gasteiger partial charge in [0.15, 0.2) is 0 Å². The first-order chi connectivity index (χ1) is 11.3. The van der Waals surface area contributed by atoms with Crippen LogP contribution in [-0.4, -0.2) is 28.3 Å². The van der Waals surface area contributed by atoms with Crippen molar-refractivity contribution in [2.45, 2.75) is 99.2 Å². The minimum Gasteiger partial charge on any atom is -0.300 e. The Bertz CT molecular complexity index is 557. The summed E-state index contributed by atoms with van der Waals surface area (Å²) in [6.07, 6.45) is 1.24. The van der Waals surface area contributed by atoms with Crippen molar-refractivity contribution in [1.82, 2.24) is 4.90 Å². The van der Waals surface area contributed by atoms with Crippen LogP contribution >= 0.6 is 7.92 Å². The third-order valence-electron chi connectivity index (χ3n) is 5.50. The third kappa shape index (κ3) is 5.80. The largest absolute Gasteiger partial charge is 0.300 e. The molecule has 1 aromatic carbocycles. The summed E-state index contributed by atoms with van der Waals surface area (Å²) in [7, 11) is -0.115. The maximum Gasteiger partial charge on any atom is 0.0238 e. The number of rotatable bonds is 6. The van der Waals surface area contributed by atoms with Crippen LogP contribution in [0.5, 0.6) is 0 Å². The fourth-order valence-corrected chi connectivity index (χ4v) is 7.83. The van der Waals surface area contributed by atoms with Crippen LogP contribution in [0.15, 0.2) is 6.07 Å². The zero-order valence-electron chi connectivity index (χ0n) is 18.8. The van der Waals surface area contributed by atoms with Crippen LogP contribution in [0.1, 0.15) is 83.2 Å². The number of benzene rings is 1. The Morgan fingerprint density at radius 1 is 0.800 bits per heavy atom. The molecule has 1 aromatic rings. The second-order valence-corrected chi connectivity index (χ2v) is 13.3. The maximum atomic E-state index is 2.53. The summed E-state index contributed by atoms with van der Waals surface area (Å²) in [5, 5.41) is 0.743. The average molecular weight is 364 g/mol. The second-order valence-electron chi connectivity index (χ2n) is 9.48. The third-order valence-corrected chi connectivity index (χ3v) is 9.37. The van der Waals surface area contributed by atoms with Gasteiger partial charge in [-0.25, -0.2) is 0 Å². The lowest BCUT2D eigenvalue weighted by Gasteiger charge is -2.42. The van der Waals surface area contributed by atoms with E-state index in [1.54, 1.807) is 16.7 Å². The first-order valence-corrected chi connectivity index (χ1v) is 11.4. The Labute approximate surface area is 159 Å². The first-order valence-electron chi connectivity index (χ1n) is 9.91. The molecule has 2 heteroatoms. The van der Waals surface area contributed by atoms with E-state index in [4.69, 9.17) is 0 Å². The first kappa shape index (κ1) is 22.7. The van der Waals surface area contributed by atoms with Gasteiger partial charge in [-0.3, -0.25) is 4.90 Å². The molecule has 0 radical (unpaired) electrons. The Morgan fingerprint density at radius 3 is 1.64 bits per heavy atom. The van der Waals surface area contributed by atoms with Crippen LogP contribution < -0.4 is 0 Å². The van der Waals surface area contributed by atoms with Crippen LogP contribution in [0.25, 0.3) is 0 Å². The monoisotopic (exact) mass is 363 g/mol. The van der Waals surface area contributed by atoms with Gasteiger partial charge in [-0.05, 0) is 78.2 Å². The summed E-state index contributed by atoms with van der Waals surface area (Å²) in [5.74, 6) is 0. The molecule has 0 aliphatic carbocycles. The van der Waals surface area contributed by atoms with Gasteiger partial charge in [-0.1, -0.05) is 69.4 Å². The summed E-state index contributed by atoms with van der Waals surface area (Å²) in [6, 6.07) is 2.43. The van der Waals surface area contributed by atoms with Crippen molar-refractivity contribution in [2.24, 2.45) is 0 Å². The molecular weight excluding hydrogens is 321 g/mol. The smallest absolute Gasteiger partial charge is 0.0238 e. The molecule has 1 rings (SSSR count). The highest BCUT2D eigenvalue weighted by atomic mass is 31.1. The van der Waals surface area contributed by atoms with Gasteiger partial charge in [0.05, 0.1) is 0 Å². The molecule has 0 saturated carbocycles. The van der Waals surface area contributed by atoms with Crippen molar-refractivity contribution in [2.75, 3.05) is 13.1 Å². The van der Waals surface area contributed by atoms with Crippen LogP contribution in [0.4, 0.5) is 0 Å². The zero-order chi connectivity index (χ0) is 19.6. The Morgan fingerprint density at radius 2 is 1.24 bits per heavy atom. The Kier molecular flexibility index (Phi) is 7.73. The molecule has 0 atom stereocenters. The van der Waals surface area contributed by atoms with E-state index < -0.39 is 0 Å². The fourth-order valence-electron chi connectivity index (χ4n) is 4.07. The molecule has 0 bridgehead atoms. The maximum absolute atomic E-state index is 2.53. The van der Waals surface area contributed by atoms with Crippen LogP contribution in [0, 0.1) is 20.8 Å². The van der Waals surface area contributed by atoms with Crippen molar-refractivity contribution in [3.8, 4) is 0 Å².